The molecule has 1 aliphatic rings. The number of benzene rings is 1. The molecule has 1 aromatic carbocycles. The molecule has 1 aromatic heterocycles. The molecule has 0 saturated heterocycles. The fourth-order valence-corrected chi connectivity index (χ4v) is 4.75. The van der Waals surface area contributed by atoms with E-state index < -0.39 is 0 Å². The highest BCUT2D eigenvalue weighted by molar-refractivity contribution is 7.10. The molecule has 0 unspecified atom stereocenters. The second-order valence-corrected chi connectivity index (χ2v) is 9.00. The van der Waals surface area contributed by atoms with Gasteiger partial charge in [-0.1, -0.05) is 24.6 Å². The first-order chi connectivity index (χ1) is 14.9. The van der Waals surface area contributed by atoms with E-state index in [1.807, 2.05) is 56.9 Å². The lowest BCUT2D eigenvalue weighted by Crippen LogP contribution is -2.52. The number of fused-ring (bicyclic) bond motifs is 1. The van der Waals surface area contributed by atoms with E-state index in [2.05, 4.69) is 16.8 Å². The third-order valence-electron chi connectivity index (χ3n) is 5.86. The molecule has 6 nitrogen and oxygen atoms in total. The van der Waals surface area contributed by atoms with Crippen molar-refractivity contribution in [3.63, 3.8) is 0 Å². The smallest absolute Gasteiger partial charge is 0.318 e. The average Bonchev–Trinajstić information content (AvgIpc) is 3.25. The van der Waals surface area contributed by atoms with Crippen molar-refractivity contribution < 1.29 is 14.3 Å². The van der Waals surface area contributed by atoms with Gasteiger partial charge < -0.3 is 19.9 Å². The second kappa shape index (κ2) is 10.7. The minimum Gasteiger partial charge on any atom is -0.491 e. The van der Waals surface area contributed by atoms with Gasteiger partial charge in [0.2, 0.25) is 5.91 Å². The Hall–Kier alpha value is -2.54. The Morgan fingerprint density at radius 3 is 2.68 bits per heavy atom. The Labute approximate surface area is 189 Å². The number of hydrogen-bond donors (Lipinski definition) is 1. The monoisotopic (exact) mass is 443 g/mol. The SMILES string of the molecule is CCNC(=O)N(CC(=O)N1CCc2sccc2[C@@H]1COc1ccc(C)cc1)[C@H](C)CC. The van der Waals surface area contributed by atoms with E-state index in [0.29, 0.717) is 19.7 Å². The number of aryl methyl sites for hydroxylation is 1. The highest BCUT2D eigenvalue weighted by Crippen LogP contribution is 2.34. The summed E-state index contributed by atoms with van der Waals surface area (Å²) in [5, 5.41) is 4.92. The van der Waals surface area contributed by atoms with Gasteiger partial charge in [-0.3, -0.25) is 4.79 Å². The Bertz CT molecular complexity index is 880. The van der Waals surface area contributed by atoms with Crippen LogP contribution < -0.4 is 10.1 Å². The number of amides is 3. The topological polar surface area (TPSA) is 61.9 Å². The number of carbonyl (C=O) groups excluding carboxylic acids is 2. The van der Waals surface area contributed by atoms with Crippen molar-refractivity contribution in [2.45, 2.75) is 52.6 Å². The number of nitrogens with one attached hydrogen (secondary N) is 1. The van der Waals surface area contributed by atoms with E-state index in [9.17, 15) is 9.59 Å². The lowest BCUT2D eigenvalue weighted by molar-refractivity contribution is -0.135. The van der Waals surface area contributed by atoms with Crippen LogP contribution in [0.5, 0.6) is 5.75 Å². The van der Waals surface area contributed by atoms with Crippen molar-refractivity contribution >= 4 is 23.3 Å². The standard InChI is InChI=1S/C24H33N3O3S/c1-5-18(4)27(24(29)25-6-2)15-23(28)26-13-11-22-20(12-14-31-22)21(26)16-30-19-9-7-17(3)8-10-19/h7-10,12,14,18,21H,5-6,11,13,15-16H2,1-4H3,(H,25,29)/t18-,21+/m1/s1. The van der Waals surface area contributed by atoms with Gasteiger partial charge in [-0.2, -0.15) is 0 Å². The van der Waals surface area contributed by atoms with Crippen LogP contribution in [0.1, 0.15) is 49.2 Å². The van der Waals surface area contributed by atoms with Gasteiger partial charge in [0.15, 0.2) is 0 Å². The number of thiophene rings is 1. The predicted molar refractivity (Wildman–Crippen MR) is 125 cm³/mol. The van der Waals surface area contributed by atoms with Crippen molar-refractivity contribution in [3.05, 3.63) is 51.7 Å². The quantitative estimate of drug-likeness (QED) is 0.658. The van der Waals surface area contributed by atoms with Crippen LogP contribution in [0.15, 0.2) is 35.7 Å². The lowest BCUT2D eigenvalue weighted by Gasteiger charge is -2.38. The van der Waals surface area contributed by atoms with Gasteiger partial charge in [0.1, 0.15) is 18.9 Å². The zero-order valence-corrected chi connectivity index (χ0v) is 19.7. The fourth-order valence-electron chi connectivity index (χ4n) is 3.82. The predicted octanol–water partition coefficient (Wildman–Crippen LogP) is 4.39. The van der Waals surface area contributed by atoms with Crippen molar-refractivity contribution in [1.29, 1.82) is 0 Å². The van der Waals surface area contributed by atoms with Crippen LogP contribution in [-0.2, 0) is 11.2 Å². The van der Waals surface area contributed by atoms with E-state index in [0.717, 1.165) is 24.2 Å². The zero-order valence-electron chi connectivity index (χ0n) is 18.9. The van der Waals surface area contributed by atoms with Gasteiger partial charge in [0, 0.05) is 24.0 Å². The maximum Gasteiger partial charge on any atom is 0.318 e. The first kappa shape index (κ1) is 23.1. The van der Waals surface area contributed by atoms with E-state index in [-0.39, 0.29) is 30.6 Å². The Morgan fingerprint density at radius 2 is 2.00 bits per heavy atom. The van der Waals surface area contributed by atoms with Crippen molar-refractivity contribution in [2.75, 3.05) is 26.2 Å². The minimum atomic E-state index is -0.189. The summed E-state index contributed by atoms with van der Waals surface area (Å²) in [5.74, 6) is 0.754. The van der Waals surface area contributed by atoms with Crippen LogP contribution in [0.4, 0.5) is 4.79 Å². The Balaban J connectivity index is 1.77. The number of rotatable bonds is 8. The Kier molecular flexibility index (Phi) is 7.96. The first-order valence-electron chi connectivity index (χ1n) is 11.0. The number of ether oxygens (including phenoxy) is 1. The molecule has 0 saturated carbocycles. The maximum atomic E-state index is 13.4. The highest BCUT2D eigenvalue weighted by atomic mass is 32.1. The Morgan fingerprint density at radius 1 is 1.26 bits per heavy atom. The molecule has 2 atom stereocenters. The van der Waals surface area contributed by atoms with Crippen molar-refractivity contribution in [1.82, 2.24) is 15.1 Å². The zero-order chi connectivity index (χ0) is 22.4. The second-order valence-electron chi connectivity index (χ2n) is 8.00. The largest absolute Gasteiger partial charge is 0.491 e. The molecule has 3 amide bonds. The van der Waals surface area contributed by atoms with Crippen LogP contribution >= 0.6 is 11.3 Å². The minimum absolute atomic E-state index is 0.0146. The van der Waals surface area contributed by atoms with Crippen LogP contribution in [0.3, 0.4) is 0 Å². The lowest BCUT2D eigenvalue weighted by atomic mass is 10.00. The summed E-state index contributed by atoms with van der Waals surface area (Å²) in [5.41, 5.74) is 2.34. The highest BCUT2D eigenvalue weighted by Gasteiger charge is 2.34. The van der Waals surface area contributed by atoms with Crippen molar-refractivity contribution in [2.24, 2.45) is 0 Å². The maximum absolute atomic E-state index is 13.4. The summed E-state index contributed by atoms with van der Waals surface area (Å²) in [6, 6.07) is 9.69. The number of hydrogen-bond acceptors (Lipinski definition) is 4. The van der Waals surface area contributed by atoms with Gasteiger partial charge in [-0.15, -0.1) is 11.3 Å². The summed E-state index contributed by atoms with van der Waals surface area (Å²) in [6.07, 6.45) is 1.63. The van der Waals surface area contributed by atoms with E-state index in [1.54, 1.807) is 16.2 Å². The molecule has 168 valence electrons. The summed E-state index contributed by atoms with van der Waals surface area (Å²) in [6.45, 7) is 9.57. The molecule has 0 aliphatic carbocycles. The molecule has 3 rings (SSSR count). The average molecular weight is 444 g/mol. The van der Waals surface area contributed by atoms with Gasteiger partial charge in [-0.25, -0.2) is 4.79 Å². The molecule has 31 heavy (non-hydrogen) atoms. The van der Waals surface area contributed by atoms with E-state index in [1.165, 1.54) is 10.4 Å². The van der Waals surface area contributed by atoms with Crippen LogP contribution in [0.2, 0.25) is 0 Å². The molecule has 2 aromatic rings. The summed E-state index contributed by atoms with van der Waals surface area (Å²) in [7, 11) is 0. The van der Waals surface area contributed by atoms with Gasteiger partial charge >= 0.3 is 6.03 Å². The molecule has 0 spiro atoms. The molecule has 1 N–H and O–H groups in total. The summed E-state index contributed by atoms with van der Waals surface area (Å²) >= 11 is 1.73. The van der Waals surface area contributed by atoms with Gasteiger partial charge in [0.25, 0.3) is 0 Å². The number of nitrogens with zero attached hydrogens (tertiary/aromatic N) is 2. The number of urea groups is 1. The van der Waals surface area contributed by atoms with Crippen molar-refractivity contribution in [3.8, 4) is 5.75 Å². The van der Waals surface area contributed by atoms with E-state index in [4.69, 9.17) is 4.74 Å². The summed E-state index contributed by atoms with van der Waals surface area (Å²) < 4.78 is 6.08. The molecular formula is C24H33N3O3S. The van der Waals surface area contributed by atoms with Gasteiger partial charge in [-0.05, 0) is 62.8 Å². The van der Waals surface area contributed by atoms with Crippen LogP contribution in [0, 0.1) is 6.92 Å². The molecule has 0 bridgehead atoms. The number of carbonyl (C=O) groups is 2. The molecule has 1 aliphatic heterocycles. The molecule has 7 heteroatoms. The van der Waals surface area contributed by atoms with Crippen LogP contribution in [-0.4, -0.2) is 54.0 Å². The molecule has 0 fully saturated rings. The third-order valence-corrected chi connectivity index (χ3v) is 6.86. The fraction of sp³-hybridized carbons (Fsp3) is 0.500. The van der Waals surface area contributed by atoms with E-state index >= 15 is 0 Å². The van der Waals surface area contributed by atoms with Gasteiger partial charge in [0.05, 0.1) is 6.04 Å². The third kappa shape index (κ3) is 5.58. The van der Waals surface area contributed by atoms with Crippen LogP contribution in [0.25, 0.3) is 0 Å². The molecule has 0 radical (unpaired) electrons. The molecular weight excluding hydrogens is 410 g/mol. The first-order valence-corrected chi connectivity index (χ1v) is 11.9. The normalized spacial score (nSPS) is 16.4. The summed E-state index contributed by atoms with van der Waals surface area (Å²) in [4.78, 5) is 30.8. The molecule has 2 heterocycles.